The minimum atomic E-state index is -0.208. The van der Waals surface area contributed by atoms with Gasteiger partial charge in [-0.25, -0.2) is 4.79 Å². The summed E-state index contributed by atoms with van der Waals surface area (Å²) < 4.78 is 5.69. The quantitative estimate of drug-likeness (QED) is 0.642. The zero-order valence-electron chi connectivity index (χ0n) is 15.7. The van der Waals surface area contributed by atoms with Crippen LogP contribution in [0.25, 0.3) is 0 Å². The van der Waals surface area contributed by atoms with E-state index in [2.05, 4.69) is 34.7 Å². The average Bonchev–Trinajstić information content (AvgIpc) is 2.55. The van der Waals surface area contributed by atoms with Gasteiger partial charge in [-0.2, -0.15) is 0 Å². The molecule has 2 aliphatic rings. The van der Waals surface area contributed by atoms with Crippen LogP contribution in [0.5, 0.6) is 0 Å². The fourth-order valence-corrected chi connectivity index (χ4v) is 3.69. The molecular weight excluding hydrogens is 320 g/mol. The summed E-state index contributed by atoms with van der Waals surface area (Å²) in [5.74, 6) is 0.0310. The zero-order valence-corrected chi connectivity index (χ0v) is 15.7. The maximum absolute atomic E-state index is 11.9. The van der Waals surface area contributed by atoms with Crippen molar-refractivity contribution in [2.45, 2.75) is 70.6 Å². The van der Waals surface area contributed by atoms with Gasteiger partial charge in [0.2, 0.25) is 5.91 Å². The van der Waals surface area contributed by atoms with Crippen LogP contribution in [-0.4, -0.2) is 67.8 Å². The molecule has 2 unspecified atom stereocenters. The lowest BCUT2D eigenvalue weighted by atomic mass is 9.95. The van der Waals surface area contributed by atoms with Crippen LogP contribution >= 0.6 is 0 Å². The molecule has 3 N–H and O–H groups in total. The molecule has 0 aromatic rings. The molecule has 144 valence electrons. The first kappa shape index (κ1) is 20.0. The van der Waals surface area contributed by atoms with Crippen molar-refractivity contribution in [3.05, 3.63) is 0 Å². The predicted octanol–water partition coefficient (Wildman–Crippen LogP) is 1.23. The molecule has 3 amide bonds. The highest BCUT2D eigenvalue weighted by Crippen LogP contribution is 2.17. The Balaban J connectivity index is 1.49. The highest BCUT2D eigenvalue weighted by atomic mass is 16.5. The summed E-state index contributed by atoms with van der Waals surface area (Å²) in [6.07, 6.45) is 6.65. The first-order valence-electron chi connectivity index (χ1n) is 9.72. The second kappa shape index (κ2) is 10.6. The van der Waals surface area contributed by atoms with Gasteiger partial charge in [-0.3, -0.25) is 9.69 Å². The van der Waals surface area contributed by atoms with Crippen molar-refractivity contribution in [1.82, 2.24) is 20.9 Å². The van der Waals surface area contributed by atoms with Crippen molar-refractivity contribution >= 4 is 11.9 Å². The molecule has 0 spiro atoms. The molecule has 1 heterocycles. The standard InChI is InChI=1S/C18H34N4O3/c1-14-12-22(13-15(2)25-14)11-10-20-18(24)19-9-8-17(23)21-16-6-4-3-5-7-16/h14-16H,3-13H2,1-2H3,(H,21,23)(H2,19,20,24). The van der Waals surface area contributed by atoms with Crippen LogP contribution in [0.2, 0.25) is 0 Å². The number of hydrogen-bond acceptors (Lipinski definition) is 4. The Labute approximate surface area is 151 Å². The van der Waals surface area contributed by atoms with E-state index in [1.807, 2.05) is 0 Å². The Kier molecular flexibility index (Phi) is 8.48. The van der Waals surface area contributed by atoms with E-state index in [-0.39, 0.29) is 24.1 Å². The number of nitrogens with one attached hydrogen (secondary N) is 3. The molecule has 1 saturated heterocycles. The van der Waals surface area contributed by atoms with Crippen LogP contribution in [0.1, 0.15) is 52.4 Å². The first-order valence-corrected chi connectivity index (χ1v) is 9.72. The van der Waals surface area contributed by atoms with Crippen LogP contribution in [0.15, 0.2) is 0 Å². The Hall–Kier alpha value is -1.34. The van der Waals surface area contributed by atoms with Gasteiger partial charge in [0.05, 0.1) is 12.2 Å². The van der Waals surface area contributed by atoms with Crippen molar-refractivity contribution < 1.29 is 14.3 Å². The Bertz CT molecular complexity index is 417. The largest absolute Gasteiger partial charge is 0.373 e. The van der Waals surface area contributed by atoms with E-state index < -0.39 is 0 Å². The molecular formula is C18H34N4O3. The molecule has 7 nitrogen and oxygen atoms in total. The Morgan fingerprint density at radius 2 is 1.64 bits per heavy atom. The number of ether oxygens (including phenoxy) is 1. The minimum Gasteiger partial charge on any atom is -0.373 e. The smallest absolute Gasteiger partial charge is 0.314 e. The molecule has 2 rings (SSSR count). The Morgan fingerprint density at radius 1 is 1.00 bits per heavy atom. The SMILES string of the molecule is CC1CN(CCNC(=O)NCCC(=O)NC2CCCCC2)CC(C)O1. The van der Waals surface area contributed by atoms with Gasteiger partial charge in [-0.05, 0) is 26.7 Å². The highest BCUT2D eigenvalue weighted by molar-refractivity contribution is 5.78. The molecule has 25 heavy (non-hydrogen) atoms. The van der Waals surface area contributed by atoms with Gasteiger partial charge in [0.15, 0.2) is 0 Å². The number of urea groups is 1. The molecule has 1 saturated carbocycles. The number of hydrogen-bond donors (Lipinski definition) is 3. The van der Waals surface area contributed by atoms with Gasteiger partial charge in [-0.1, -0.05) is 19.3 Å². The van der Waals surface area contributed by atoms with Crippen molar-refractivity contribution in [3.8, 4) is 0 Å². The summed E-state index contributed by atoms with van der Waals surface area (Å²) >= 11 is 0. The van der Waals surface area contributed by atoms with Crippen molar-refractivity contribution in [3.63, 3.8) is 0 Å². The van der Waals surface area contributed by atoms with Crippen LogP contribution in [-0.2, 0) is 9.53 Å². The molecule has 0 radical (unpaired) electrons. The van der Waals surface area contributed by atoms with Gasteiger partial charge >= 0.3 is 6.03 Å². The maximum atomic E-state index is 11.9. The number of carbonyl (C=O) groups excluding carboxylic acids is 2. The van der Waals surface area contributed by atoms with Gasteiger partial charge in [0.1, 0.15) is 0 Å². The maximum Gasteiger partial charge on any atom is 0.314 e. The molecule has 0 aromatic carbocycles. The third-order valence-electron chi connectivity index (χ3n) is 4.82. The first-order chi connectivity index (χ1) is 12.0. The van der Waals surface area contributed by atoms with Crippen LogP contribution in [0.3, 0.4) is 0 Å². The second-order valence-corrected chi connectivity index (χ2v) is 7.35. The number of morpholine rings is 1. The lowest BCUT2D eigenvalue weighted by molar-refractivity contribution is -0.121. The van der Waals surface area contributed by atoms with E-state index in [4.69, 9.17) is 4.74 Å². The predicted molar refractivity (Wildman–Crippen MR) is 97.5 cm³/mol. The molecule has 0 bridgehead atoms. The minimum absolute atomic E-state index is 0.0310. The van der Waals surface area contributed by atoms with E-state index in [1.54, 1.807) is 0 Å². The average molecular weight is 354 g/mol. The lowest BCUT2D eigenvalue weighted by Crippen LogP contribution is -2.48. The van der Waals surface area contributed by atoms with E-state index in [9.17, 15) is 9.59 Å². The van der Waals surface area contributed by atoms with Crippen LogP contribution in [0, 0.1) is 0 Å². The van der Waals surface area contributed by atoms with Crippen molar-refractivity contribution in [2.24, 2.45) is 0 Å². The fraction of sp³-hybridized carbons (Fsp3) is 0.889. The molecule has 0 aromatic heterocycles. The van der Waals surface area contributed by atoms with Gasteiger partial charge < -0.3 is 20.7 Å². The highest BCUT2D eigenvalue weighted by Gasteiger charge is 2.21. The van der Waals surface area contributed by atoms with Crippen LogP contribution in [0.4, 0.5) is 4.79 Å². The van der Waals surface area contributed by atoms with E-state index in [1.165, 1.54) is 19.3 Å². The van der Waals surface area contributed by atoms with Gasteiger partial charge in [-0.15, -0.1) is 0 Å². The number of rotatable bonds is 7. The summed E-state index contributed by atoms with van der Waals surface area (Å²) in [5, 5.41) is 8.66. The van der Waals surface area contributed by atoms with E-state index in [0.29, 0.717) is 25.6 Å². The number of carbonyl (C=O) groups is 2. The van der Waals surface area contributed by atoms with Gasteiger partial charge in [0.25, 0.3) is 0 Å². The van der Waals surface area contributed by atoms with Gasteiger partial charge in [0, 0.05) is 45.2 Å². The van der Waals surface area contributed by atoms with E-state index in [0.717, 1.165) is 32.5 Å². The molecule has 1 aliphatic carbocycles. The second-order valence-electron chi connectivity index (χ2n) is 7.35. The summed E-state index contributed by atoms with van der Waals surface area (Å²) in [5.41, 5.74) is 0. The number of nitrogens with zero attached hydrogens (tertiary/aromatic N) is 1. The molecule has 2 atom stereocenters. The third-order valence-corrected chi connectivity index (χ3v) is 4.82. The fourth-order valence-electron chi connectivity index (χ4n) is 3.69. The Morgan fingerprint density at radius 3 is 2.32 bits per heavy atom. The summed E-state index contributed by atoms with van der Waals surface area (Å²) in [4.78, 5) is 26.0. The number of amides is 3. The topological polar surface area (TPSA) is 82.7 Å². The molecule has 2 fully saturated rings. The lowest BCUT2D eigenvalue weighted by Gasteiger charge is -2.35. The van der Waals surface area contributed by atoms with E-state index >= 15 is 0 Å². The monoisotopic (exact) mass is 354 g/mol. The zero-order chi connectivity index (χ0) is 18.1. The molecule has 1 aliphatic heterocycles. The van der Waals surface area contributed by atoms with Crippen LogP contribution < -0.4 is 16.0 Å². The van der Waals surface area contributed by atoms with Crippen molar-refractivity contribution in [1.29, 1.82) is 0 Å². The third kappa shape index (κ3) is 8.05. The van der Waals surface area contributed by atoms with Crippen molar-refractivity contribution in [2.75, 3.05) is 32.7 Å². The molecule has 7 heteroatoms. The summed E-state index contributed by atoms with van der Waals surface area (Å²) in [6.45, 7) is 7.72. The summed E-state index contributed by atoms with van der Waals surface area (Å²) in [7, 11) is 0. The normalized spacial score (nSPS) is 25.4. The summed E-state index contributed by atoms with van der Waals surface area (Å²) in [6, 6.07) is 0.119.